The van der Waals surface area contributed by atoms with Crippen LogP contribution in [-0.4, -0.2) is 96.7 Å². The summed E-state index contributed by atoms with van der Waals surface area (Å²) in [6, 6.07) is 0. The molecular formula is C74H144O17P2. The Labute approximate surface area is 568 Å². The van der Waals surface area contributed by atoms with Gasteiger partial charge in [-0.2, -0.15) is 0 Å². The van der Waals surface area contributed by atoms with Gasteiger partial charge in [-0.25, -0.2) is 9.13 Å². The van der Waals surface area contributed by atoms with Gasteiger partial charge in [0.2, 0.25) is 0 Å². The summed E-state index contributed by atoms with van der Waals surface area (Å²) < 4.78 is 68.5. The van der Waals surface area contributed by atoms with Gasteiger partial charge in [-0.3, -0.25) is 37.3 Å². The van der Waals surface area contributed by atoms with Crippen molar-refractivity contribution in [2.45, 2.75) is 394 Å². The summed E-state index contributed by atoms with van der Waals surface area (Å²) in [7, 11) is -9.91. The first-order valence-electron chi connectivity index (χ1n) is 38.4. The summed E-state index contributed by atoms with van der Waals surface area (Å²) in [4.78, 5) is 72.7. The number of aliphatic hydroxyl groups excluding tert-OH is 1. The zero-order valence-corrected chi connectivity index (χ0v) is 62.5. The molecule has 0 amide bonds. The number of ether oxygens (including phenoxy) is 4. The average Bonchev–Trinajstić information content (AvgIpc) is 2.09. The smallest absolute Gasteiger partial charge is 0.462 e. The van der Waals surface area contributed by atoms with Crippen LogP contribution in [-0.2, 0) is 65.4 Å². The van der Waals surface area contributed by atoms with Crippen molar-refractivity contribution in [2.75, 3.05) is 39.6 Å². The predicted octanol–water partition coefficient (Wildman–Crippen LogP) is 21.4. The Morgan fingerprint density at radius 1 is 0.312 bits per heavy atom. The highest BCUT2D eigenvalue weighted by molar-refractivity contribution is 7.47. The van der Waals surface area contributed by atoms with Crippen LogP contribution in [0, 0.1) is 17.8 Å². The fourth-order valence-electron chi connectivity index (χ4n) is 11.2. The van der Waals surface area contributed by atoms with E-state index in [9.17, 15) is 43.2 Å². The third kappa shape index (κ3) is 67.0. The van der Waals surface area contributed by atoms with Crippen LogP contribution >= 0.6 is 15.6 Å². The number of phosphoric acid groups is 2. The lowest BCUT2D eigenvalue weighted by molar-refractivity contribution is -0.161. The zero-order valence-electron chi connectivity index (χ0n) is 60.7. The van der Waals surface area contributed by atoms with E-state index in [1.54, 1.807) is 0 Å². The first-order valence-corrected chi connectivity index (χ1v) is 41.4. The molecule has 552 valence electrons. The second kappa shape index (κ2) is 64.7. The molecule has 0 aromatic heterocycles. The van der Waals surface area contributed by atoms with Gasteiger partial charge < -0.3 is 33.8 Å². The molecular weight excluding hydrogens is 1220 g/mol. The van der Waals surface area contributed by atoms with E-state index in [-0.39, 0.29) is 25.7 Å². The lowest BCUT2D eigenvalue weighted by atomic mass is 9.99. The van der Waals surface area contributed by atoms with Crippen LogP contribution in [0.25, 0.3) is 0 Å². The van der Waals surface area contributed by atoms with Gasteiger partial charge in [0.05, 0.1) is 26.4 Å². The molecule has 0 fully saturated rings. The van der Waals surface area contributed by atoms with Crippen LogP contribution in [0.5, 0.6) is 0 Å². The molecule has 0 aliphatic rings. The van der Waals surface area contributed by atoms with E-state index in [1.807, 2.05) is 0 Å². The minimum Gasteiger partial charge on any atom is -0.462 e. The van der Waals surface area contributed by atoms with Crippen molar-refractivity contribution < 1.29 is 80.2 Å². The van der Waals surface area contributed by atoms with Crippen molar-refractivity contribution in [3.05, 3.63) is 0 Å². The summed E-state index contributed by atoms with van der Waals surface area (Å²) in [5, 5.41) is 10.6. The highest BCUT2D eigenvalue weighted by Gasteiger charge is 2.30. The number of carbonyl (C=O) groups is 4. The van der Waals surface area contributed by atoms with E-state index >= 15 is 0 Å². The van der Waals surface area contributed by atoms with Crippen LogP contribution in [0.4, 0.5) is 0 Å². The predicted molar refractivity (Wildman–Crippen MR) is 377 cm³/mol. The molecule has 3 N–H and O–H groups in total. The van der Waals surface area contributed by atoms with Gasteiger partial charge in [-0.05, 0) is 43.4 Å². The van der Waals surface area contributed by atoms with Crippen molar-refractivity contribution in [1.82, 2.24) is 0 Å². The third-order valence-electron chi connectivity index (χ3n) is 17.5. The average molecular weight is 1370 g/mol. The van der Waals surface area contributed by atoms with E-state index < -0.39 is 97.5 Å². The summed E-state index contributed by atoms with van der Waals surface area (Å²) in [6.45, 7) is 11.9. The van der Waals surface area contributed by atoms with E-state index in [2.05, 4.69) is 48.5 Å². The summed E-state index contributed by atoms with van der Waals surface area (Å²) in [5.41, 5.74) is 0. The van der Waals surface area contributed by atoms with Crippen molar-refractivity contribution >= 4 is 39.5 Å². The largest absolute Gasteiger partial charge is 0.472 e. The first-order chi connectivity index (χ1) is 44.8. The normalized spacial score (nSPS) is 14.4. The van der Waals surface area contributed by atoms with E-state index in [4.69, 9.17) is 37.0 Å². The highest BCUT2D eigenvalue weighted by Crippen LogP contribution is 2.45. The fourth-order valence-corrected chi connectivity index (χ4v) is 12.8. The molecule has 0 spiro atoms. The Kier molecular flexibility index (Phi) is 63.4. The van der Waals surface area contributed by atoms with Gasteiger partial charge >= 0.3 is 39.5 Å². The molecule has 0 rings (SSSR count). The summed E-state index contributed by atoms with van der Waals surface area (Å²) in [6.07, 6.45) is 49.8. The number of hydrogen-bond acceptors (Lipinski definition) is 15. The van der Waals surface area contributed by atoms with E-state index in [0.29, 0.717) is 25.7 Å². The zero-order chi connectivity index (χ0) is 68.7. The van der Waals surface area contributed by atoms with Crippen molar-refractivity contribution in [2.24, 2.45) is 17.8 Å². The number of esters is 4. The summed E-state index contributed by atoms with van der Waals surface area (Å²) >= 11 is 0. The van der Waals surface area contributed by atoms with E-state index in [0.717, 1.165) is 108 Å². The van der Waals surface area contributed by atoms with Crippen molar-refractivity contribution in [3.8, 4) is 0 Å². The minimum absolute atomic E-state index is 0.106. The number of hydrogen-bond donors (Lipinski definition) is 3. The number of rotatable bonds is 72. The molecule has 0 saturated carbocycles. The van der Waals surface area contributed by atoms with Crippen LogP contribution in [0.2, 0.25) is 0 Å². The second-order valence-electron chi connectivity index (χ2n) is 27.9. The van der Waals surface area contributed by atoms with Gasteiger partial charge in [-0.1, -0.05) is 325 Å². The molecule has 0 saturated heterocycles. The Bertz CT molecular complexity index is 1820. The Hall–Kier alpha value is -1.94. The van der Waals surface area contributed by atoms with Gasteiger partial charge in [0.15, 0.2) is 12.2 Å². The van der Waals surface area contributed by atoms with Crippen LogP contribution in [0.15, 0.2) is 0 Å². The molecule has 0 bridgehead atoms. The molecule has 0 aliphatic heterocycles. The lowest BCUT2D eigenvalue weighted by Gasteiger charge is -2.21. The second-order valence-corrected chi connectivity index (χ2v) is 30.8. The molecule has 6 atom stereocenters. The fraction of sp³-hybridized carbons (Fsp3) is 0.946. The molecule has 93 heavy (non-hydrogen) atoms. The summed E-state index contributed by atoms with van der Waals surface area (Å²) in [5.74, 6) is 0.228. The minimum atomic E-state index is -4.96. The van der Waals surface area contributed by atoms with Crippen molar-refractivity contribution in [3.63, 3.8) is 0 Å². The van der Waals surface area contributed by atoms with Crippen molar-refractivity contribution in [1.29, 1.82) is 0 Å². The molecule has 19 heteroatoms. The molecule has 0 radical (unpaired) electrons. The third-order valence-corrected chi connectivity index (χ3v) is 19.4. The maximum atomic E-state index is 13.1. The van der Waals surface area contributed by atoms with Gasteiger partial charge in [0, 0.05) is 25.7 Å². The SMILES string of the molecule is CCCCCCCCCCCCC(=O)OC[C@H](COP(=O)(O)OC[C@H](O)COP(=O)(O)OC[C@@H](COC(=O)CCCCCCCCCCCCC(C)CC)OC(=O)CCCCCCCCCCCCCCCC(C)C)OC(=O)CCCCCCCCCCCCC(C)C. The number of carbonyl (C=O) groups excluding carboxylic acids is 4. The maximum Gasteiger partial charge on any atom is 0.472 e. The molecule has 0 aliphatic carbocycles. The quantitative estimate of drug-likeness (QED) is 0.0222. The molecule has 17 nitrogen and oxygen atoms in total. The highest BCUT2D eigenvalue weighted by atomic mass is 31.2. The number of phosphoric ester groups is 2. The Balaban J connectivity index is 5.26. The topological polar surface area (TPSA) is 237 Å². The molecule has 3 unspecified atom stereocenters. The first kappa shape index (κ1) is 91.1. The number of aliphatic hydroxyl groups is 1. The standard InChI is InChI=1S/C74H144O17P2/c1-8-10-11-12-13-14-27-34-41-48-55-71(76)84-61-69(91-74(79)58-51-44-37-30-22-20-25-32-39-46-53-66(5)6)63-88-92(80,81)86-59-68(75)60-87-93(82,83)89-64-70(62-85-72(77)56-49-42-35-28-23-21-26-33-40-47-54-67(7)9-2)90-73(78)57-50-43-36-29-19-17-15-16-18-24-31-38-45-52-65(3)4/h65-70,75H,8-64H2,1-7H3,(H,80,81)(H,82,83)/t67?,68-,69+,70+/m0/s1. The van der Waals surface area contributed by atoms with Crippen LogP contribution in [0.1, 0.15) is 376 Å². The molecule has 0 aromatic rings. The maximum absolute atomic E-state index is 13.1. The van der Waals surface area contributed by atoms with Gasteiger partial charge in [-0.15, -0.1) is 0 Å². The Morgan fingerprint density at radius 2 is 0.548 bits per heavy atom. The molecule has 0 heterocycles. The number of unbranched alkanes of at least 4 members (excludes halogenated alkanes) is 39. The van der Waals surface area contributed by atoms with Gasteiger partial charge in [0.1, 0.15) is 19.3 Å². The lowest BCUT2D eigenvalue weighted by Crippen LogP contribution is -2.30. The van der Waals surface area contributed by atoms with Crippen LogP contribution < -0.4 is 0 Å². The van der Waals surface area contributed by atoms with Gasteiger partial charge in [0.25, 0.3) is 0 Å². The molecule has 0 aromatic carbocycles. The van der Waals surface area contributed by atoms with E-state index in [1.165, 1.54) is 186 Å². The van der Waals surface area contributed by atoms with Crippen LogP contribution in [0.3, 0.4) is 0 Å². The monoisotopic (exact) mass is 1370 g/mol. The Morgan fingerprint density at radius 3 is 0.817 bits per heavy atom.